The number of rotatable bonds is 3. The van der Waals surface area contributed by atoms with Crippen molar-refractivity contribution in [2.24, 2.45) is 0 Å². The van der Waals surface area contributed by atoms with Crippen molar-refractivity contribution in [3.05, 3.63) is 65.5 Å². The van der Waals surface area contributed by atoms with E-state index in [9.17, 15) is 22.8 Å². The Bertz CT molecular complexity index is 1110. The molecule has 0 unspecified atom stereocenters. The standard InChI is InChI=1S/C21H17F3N4O3/c1-13-2-8-16(9-3-13)28-11-10-27(12-17(28)29)19(30)15-6-4-14(5-7-15)18-25-20(31-26-18)21(22,23)24/h2-9H,10-12H2,1H3. The molecule has 2 amide bonds. The Labute approximate surface area is 175 Å². The van der Waals surface area contributed by atoms with E-state index in [4.69, 9.17) is 0 Å². The normalized spacial score (nSPS) is 14.8. The number of amides is 2. The van der Waals surface area contributed by atoms with Crippen LogP contribution in [0.5, 0.6) is 0 Å². The van der Waals surface area contributed by atoms with Crippen LogP contribution in [0.25, 0.3) is 11.4 Å². The molecule has 0 radical (unpaired) electrons. The molecule has 1 aliphatic heterocycles. The minimum Gasteiger partial charge on any atom is -0.329 e. The van der Waals surface area contributed by atoms with Crippen LogP contribution in [-0.2, 0) is 11.0 Å². The van der Waals surface area contributed by atoms with Crippen LogP contribution in [0, 0.1) is 6.92 Å². The third-order valence-electron chi connectivity index (χ3n) is 4.91. The Morgan fingerprint density at radius 3 is 2.29 bits per heavy atom. The molecule has 0 bridgehead atoms. The Kier molecular flexibility index (Phi) is 5.22. The molecular weight excluding hydrogens is 413 g/mol. The van der Waals surface area contributed by atoms with Gasteiger partial charge in [-0.3, -0.25) is 9.59 Å². The fraction of sp³-hybridized carbons (Fsp3) is 0.238. The Morgan fingerprint density at radius 2 is 1.71 bits per heavy atom. The summed E-state index contributed by atoms with van der Waals surface area (Å²) < 4.78 is 42.0. The van der Waals surface area contributed by atoms with Gasteiger partial charge in [0.1, 0.15) is 6.54 Å². The molecular formula is C21H17F3N4O3. The molecule has 1 aliphatic rings. The van der Waals surface area contributed by atoms with E-state index in [1.54, 1.807) is 4.90 Å². The van der Waals surface area contributed by atoms with Gasteiger partial charge in [-0.1, -0.05) is 35.0 Å². The lowest BCUT2D eigenvalue weighted by Crippen LogP contribution is -2.52. The predicted octanol–water partition coefficient (Wildman–Crippen LogP) is 3.55. The number of hydrogen-bond donors (Lipinski definition) is 0. The smallest absolute Gasteiger partial charge is 0.329 e. The van der Waals surface area contributed by atoms with Crippen molar-refractivity contribution < 1.29 is 27.3 Å². The number of nitrogens with zero attached hydrogens (tertiary/aromatic N) is 4. The van der Waals surface area contributed by atoms with Crippen molar-refractivity contribution in [2.75, 3.05) is 24.5 Å². The zero-order chi connectivity index (χ0) is 22.2. The lowest BCUT2D eigenvalue weighted by molar-refractivity contribution is -0.159. The first-order valence-corrected chi connectivity index (χ1v) is 9.40. The van der Waals surface area contributed by atoms with Gasteiger partial charge in [-0.25, -0.2) is 0 Å². The highest BCUT2D eigenvalue weighted by atomic mass is 19.4. The first-order chi connectivity index (χ1) is 14.7. The molecule has 1 aromatic heterocycles. The van der Waals surface area contributed by atoms with Crippen molar-refractivity contribution >= 4 is 17.5 Å². The van der Waals surface area contributed by atoms with Gasteiger partial charge in [-0.15, -0.1) is 0 Å². The summed E-state index contributed by atoms with van der Waals surface area (Å²) >= 11 is 0. The zero-order valence-electron chi connectivity index (χ0n) is 16.4. The van der Waals surface area contributed by atoms with Crippen LogP contribution >= 0.6 is 0 Å². The monoisotopic (exact) mass is 430 g/mol. The van der Waals surface area contributed by atoms with Gasteiger partial charge in [0.25, 0.3) is 5.91 Å². The summed E-state index contributed by atoms with van der Waals surface area (Å²) in [5.74, 6) is -2.19. The fourth-order valence-corrected chi connectivity index (χ4v) is 3.24. The number of carbonyl (C=O) groups excluding carboxylic acids is 2. The lowest BCUT2D eigenvalue weighted by atomic mass is 10.1. The van der Waals surface area contributed by atoms with E-state index in [0.717, 1.165) is 11.3 Å². The lowest BCUT2D eigenvalue weighted by Gasteiger charge is -2.34. The summed E-state index contributed by atoms with van der Waals surface area (Å²) in [5, 5.41) is 3.32. The van der Waals surface area contributed by atoms with Crippen molar-refractivity contribution in [1.29, 1.82) is 0 Å². The van der Waals surface area contributed by atoms with Gasteiger partial charge in [0.05, 0.1) is 0 Å². The second-order valence-corrected chi connectivity index (χ2v) is 7.11. The number of alkyl halides is 3. The SMILES string of the molecule is Cc1ccc(N2CCN(C(=O)c3ccc(-c4noc(C(F)(F)F)n4)cc3)CC2=O)cc1. The first-order valence-electron chi connectivity index (χ1n) is 9.40. The molecule has 7 nitrogen and oxygen atoms in total. The number of aromatic nitrogens is 2. The van der Waals surface area contributed by atoms with Crippen LogP contribution in [0.15, 0.2) is 53.1 Å². The Morgan fingerprint density at radius 1 is 1.03 bits per heavy atom. The summed E-state index contributed by atoms with van der Waals surface area (Å²) in [6.45, 7) is 2.63. The minimum absolute atomic E-state index is 0.0613. The largest absolute Gasteiger partial charge is 0.471 e. The third kappa shape index (κ3) is 4.27. The van der Waals surface area contributed by atoms with Crippen LogP contribution in [0.4, 0.5) is 18.9 Å². The van der Waals surface area contributed by atoms with E-state index in [-0.39, 0.29) is 29.7 Å². The third-order valence-corrected chi connectivity index (χ3v) is 4.91. The summed E-state index contributed by atoms with van der Waals surface area (Å²) in [6.07, 6.45) is -4.73. The van der Waals surface area contributed by atoms with E-state index < -0.39 is 12.1 Å². The second kappa shape index (κ2) is 7.86. The van der Waals surface area contributed by atoms with Crippen molar-refractivity contribution in [3.63, 3.8) is 0 Å². The van der Waals surface area contributed by atoms with Crippen LogP contribution in [0.1, 0.15) is 21.8 Å². The van der Waals surface area contributed by atoms with E-state index >= 15 is 0 Å². The van der Waals surface area contributed by atoms with E-state index in [1.165, 1.54) is 29.2 Å². The van der Waals surface area contributed by atoms with Gasteiger partial charge < -0.3 is 14.3 Å². The highest BCUT2D eigenvalue weighted by Gasteiger charge is 2.38. The summed E-state index contributed by atoms with van der Waals surface area (Å²) in [4.78, 5) is 31.7. The van der Waals surface area contributed by atoms with Gasteiger partial charge in [0, 0.05) is 29.9 Å². The average molecular weight is 430 g/mol. The van der Waals surface area contributed by atoms with Crippen molar-refractivity contribution in [3.8, 4) is 11.4 Å². The van der Waals surface area contributed by atoms with E-state index in [2.05, 4.69) is 14.7 Å². The maximum absolute atomic E-state index is 12.8. The van der Waals surface area contributed by atoms with Crippen LogP contribution in [0.3, 0.4) is 0 Å². The summed E-state index contributed by atoms with van der Waals surface area (Å²) in [5.41, 5.74) is 2.45. The summed E-state index contributed by atoms with van der Waals surface area (Å²) in [6, 6.07) is 13.4. The van der Waals surface area contributed by atoms with Gasteiger partial charge in [0.2, 0.25) is 11.7 Å². The van der Waals surface area contributed by atoms with E-state index in [1.807, 2.05) is 31.2 Å². The van der Waals surface area contributed by atoms with Crippen LogP contribution < -0.4 is 4.90 Å². The highest BCUT2D eigenvalue weighted by Crippen LogP contribution is 2.29. The van der Waals surface area contributed by atoms with Crippen molar-refractivity contribution in [1.82, 2.24) is 15.0 Å². The van der Waals surface area contributed by atoms with Crippen molar-refractivity contribution in [2.45, 2.75) is 13.1 Å². The fourth-order valence-electron chi connectivity index (χ4n) is 3.24. The predicted molar refractivity (Wildman–Crippen MR) is 104 cm³/mol. The topological polar surface area (TPSA) is 79.5 Å². The molecule has 0 saturated carbocycles. The minimum atomic E-state index is -4.73. The molecule has 4 rings (SSSR count). The molecule has 1 saturated heterocycles. The first kappa shape index (κ1) is 20.6. The Balaban J connectivity index is 1.44. The maximum atomic E-state index is 12.8. The van der Waals surface area contributed by atoms with Gasteiger partial charge in [-0.05, 0) is 31.2 Å². The molecule has 1 fully saturated rings. The van der Waals surface area contributed by atoms with Gasteiger partial charge >= 0.3 is 12.1 Å². The molecule has 0 N–H and O–H groups in total. The molecule has 0 atom stereocenters. The molecule has 160 valence electrons. The quantitative estimate of drug-likeness (QED) is 0.635. The average Bonchev–Trinajstić information content (AvgIpc) is 3.25. The molecule has 10 heteroatoms. The number of aryl methyl sites for hydroxylation is 1. The van der Waals surface area contributed by atoms with E-state index in [0.29, 0.717) is 18.7 Å². The number of halogens is 3. The van der Waals surface area contributed by atoms with Gasteiger partial charge in [-0.2, -0.15) is 18.2 Å². The molecule has 0 spiro atoms. The Hall–Kier alpha value is -3.69. The maximum Gasteiger partial charge on any atom is 0.471 e. The van der Waals surface area contributed by atoms with Crippen LogP contribution in [-0.4, -0.2) is 46.5 Å². The van der Waals surface area contributed by atoms with Crippen LogP contribution in [0.2, 0.25) is 0 Å². The van der Waals surface area contributed by atoms with Gasteiger partial charge in [0.15, 0.2) is 0 Å². The molecule has 31 heavy (non-hydrogen) atoms. The number of piperazine rings is 1. The molecule has 2 aromatic carbocycles. The highest BCUT2D eigenvalue weighted by molar-refractivity contribution is 6.01. The number of anilines is 1. The molecule has 0 aliphatic carbocycles. The molecule has 3 aromatic rings. The second-order valence-electron chi connectivity index (χ2n) is 7.11. The molecule has 2 heterocycles. The number of hydrogen-bond acceptors (Lipinski definition) is 5. The number of benzene rings is 2. The zero-order valence-corrected chi connectivity index (χ0v) is 16.4. The summed E-state index contributed by atoms with van der Waals surface area (Å²) in [7, 11) is 0. The number of carbonyl (C=O) groups is 2.